The number of hydrogen-bond donors (Lipinski definition) is 0. The molecule has 0 fully saturated rings. The molecule has 0 radical (unpaired) electrons. The predicted octanol–water partition coefficient (Wildman–Crippen LogP) is 2.32. The van der Waals surface area contributed by atoms with Gasteiger partial charge >= 0.3 is 5.97 Å². The van der Waals surface area contributed by atoms with Crippen molar-refractivity contribution in [1.29, 1.82) is 0 Å². The molecule has 0 aliphatic carbocycles. The summed E-state index contributed by atoms with van der Waals surface area (Å²) >= 11 is 0. The van der Waals surface area contributed by atoms with Gasteiger partial charge in [-0.1, -0.05) is 18.2 Å². The highest BCUT2D eigenvalue weighted by molar-refractivity contribution is 6.15. The molecule has 1 heterocycles. The van der Waals surface area contributed by atoms with E-state index in [1.807, 2.05) is 0 Å². The van der Waals surface area contributed by atoms with Gasteiger partial charge in [0, 0.05) is 24.4 Å². The molecule has 118 valence electrons. The Hall–Kier alpha value is -3.22. The van der Waals surface area contributed by atoms with Crippen LogP contribution >= 0.6 is 0 Å². The molecule has 7 heteroatoms. The van der Waals surface area contributed by atoms with Crippen molar-refractivity contribution in [2.24, 2.45) is 0 Å². The Bertz CT molecular complexity index is 823. The van der Waals surface area contributed by atoms with E-state index in [1.54, 1.807) is 25.1 Å². The third-order valence-electron chi connectivity index (χ3n) is 2.95. The van der Waals surface area contributed by atoms with Crippen molar-refractivity contribution in [1.82, 2.24) is 4.57 Å². The van der Waals surface area contributed by atoms with Gasteiger partial charge in [-0.3, -0.25) is 19.5 Å². The largest absolute Gasteiger partial charge is 0.461 e. The van der Waals surface area contributed by atoms with Crippen LogP contribution in [0.2, 0.25) is 0 Å². The van der Waals surface area contributed by atoms with Gasteiger partial charge in [-0.15, -0.1) is 0 Å². The maximum Gasteiger partial charge on any atom is 0.355 e. The molecule has 0 bridgehead atoms. The Morgan fingerprint density at radius 2 is 2.09 bits per heavy atom. The SMILES string of the molecule is CCOC(=O)/C(=C/c1cccc([N+](=O)[O-])c1)n1ccccc1=O. The molecule has 0 aliphatic rings. The Kier molecular flexibility index (Phi) is 5.03. The van der Waals surface area contributed by atoms with Crippen LogP contribution in [0.4, 0.5) is 5.69 Å². The molecule has 2 aromatic rings. The lowest BCUT2D eigenvalue weighted by atomic mass is 10.1. The van der Waals surface area contributed by atoms with Gasteiger partial charge in [0.05, 0.1) is 11.5 Å². The average molecular weight is 314 g/mol. The van der Waals surface area contributed by atoms with E-state index in [0.717, 1.165) is 4.57 Å². The zero-order chi connectivity index (χ0) is 16.8. The van der Waals surface area contributed by atoms with Crippen molar-refractivity contribution in [2.75, 3.05) is 6.61 Å². The number of carbonyl (C=O) groups is 1. The van der Waals surface area contributed by atoms with Crippen LogP contribution < -0.4 is 5.56 Å². The minimum absolute atomic E-state index is 0.0158. The molecule has 0 atom stereocenters. The number of nitrogens with zero attached hydrogens (tertiary/aromatic N) is 2. The molecule has 2 rings (SSSR count). The average Bonchev–Trinajstić information content (AvgIpc) is 2.54. The highest BCUT2D eigenvalue weighted by atomic mass is 16.6. The number of aromatic nitrogens is 1. The van der Waals surface area contributed by atoms with E-state index in [9.17, 15) is 19.7 Å². The van der Waals surface area contributed by atoms with Crippen LogP contribution in [0, 0.1) is 10.1 Å². The van der Waals surface area contributed by atoms with E-state index in [1.165, 1.54) is 36.5 Å². The quantitative estimate of drug-likeness (QED) is 0.365. The molecule has 7 nitrogen and oxygen atoms in total. The summed E-state index contributed by atoms with van der Waals surface area (Å²) in [5.41, 5.74) is -0.115. The van der Waals surface area contributed by atoms with Gasteiger partial charge in [-0.2, -0.15) is 0 Å². The summed E-state index contributed by atoms with van der Waals surface area (Å²) in [5.74, 6) is -0.688. The maximum atomic E-state index is 12.1. The number of hydrogen-bond acceptors (Lipinski definition) is 5. The van der Waals surface area contributed by atoms with Crippen LogP contribution in [0.5, 0.6) is 0 Å². The molecule has 0 saturated heterocycles. The Labute approximate surface area is 131 Å². The van der Waals surface area contributed by atoms with Gasteiger partial charge in [-0.25, -0.2) is 4.79 Å². The number of nitro groups is 1. The minimum atomic E-state index is -0.688. The van der Waals surface area contributed by atoms with Gasteiger partial charge in [0.25, 0.3) is 11.2 Å². The second-order valence-corrected chi connectivity index (χ2v) is 4.51. The van der Waals surface area contributed by atoms with Gasteiger partial charge < -0.3 is 4.74 Å². The Morgan fingerprint density at radius 3 is 2.74 bits per heavy atom. The van der Waals surface area contributed by atoms with Gasteiger partial charge in [-0.05, 0) is 24.6 Å². The summed E-state index contributed by atoms with van der Waals surface area (Å²) in [6.07, 6.45) is 2.81. The zero-order valence-electron chi connectivity index (χ0n) is 12.3. The molecule has 1 aromatic carbocycles. The predicted molar refractivity (Wildman–Crippen MR) is 84.6 cm³/mol. The van der Waals surface area contributed by atoms with Crippen molar-refractivity contribution in [3.8, 4) is 0 Å². The number of carbonyl (C=O) groups excluding carboxylic acids is 1. The number of esters is 1. The molecule has 0 N–H and O–H groups in total. The number of non-ortho nitro benzene ring substituents is 1. The van der Waals surface area contributed by atoms with E-state index in [2.05, 4.69) is 0 Å². The lowest BCUT2D eigenvalue weighted by Crippen LogP contribution is -2.22. The summed E-state index contributed by atoms with van der Waals surface area (Å²) in [7, 11) is 0. The summed E-state index contributed by atoms with van der Waals surface area (Å²) in [4.78, 5) is 34.4. The first-order valence-corrected chi connectivity index (χ1v) is 6.84. The first-order valence-electron chi connectivity index (χ1n) is 6.84. The number of nitro benzene ring substituents is 1. The highest BCUT2D eigenvalue weighted by Crippen LogP contribution is 2.17. The van der Waals surface area contributed by atoms with Crippen molar-refractivity contribution < 1.29 is 14.5 Å². The van der Waals surface area contributed by atoms with Crippen molar-refractivity contribution in [3.05, 3.63) is 74.7 Å². The number of benzene rings is 1. The first-order chi connectivity index (χ1) is 11.0. The summed E-state index contributed by atoms with van der Waals surface area (Å²) in [6, 6.07) is 10.2. The molecular formula is C16H14N2O5. The maximum absolute atomic E-state index is 12.1. The summed E-state index contributed by atoms with van der Waals surface area (Å²) < 4.78 is 6.10. The zero-order valence-corrected chi connectivity index (χ0v) is 12.3. The van der Waals surface area contributed by atoms with Crippen LogP contribution in [-0.2, 0) is 9.53 Å². The Balaban J connectivity index is 2.56. The van der Waals surface area contributed by atoms with Crippen LogP contribution in [0.15, 0.2) is 53.5 Å². The van der Waals surface area contributed by atoms with Crippen molar-refractivity contribution in [2.45, 2.75) is 6.92 Å². The fourth-order valence-corrected chi connectivity index (χ4v) is 1.94. The van der Waals surface area contributed by atoms with E-state index >= 15 is 0 Å². The second kappa shape index (κ2) is 7.17. The summed E-state index contributed by atoms with van der Waals surface area (Å²) in [6.45, 7) is 1.79. The second-order valence-electron chi connectivity index (χ2n) is 4.51. The smallest absolute Gasteiger partial charge is 0.355 e. The fourth-order valence-electron chi connectivity index (χ4n) is 1.94. The van der Waals surface area contributed by atoms with E-state index in [0.29, 0.717) is 5.56 Å². The monoisotopic (exact) mass is 314 g/mol. The normalized spacial score (nSPS) is 11.1. The third-order valence-corrected chi connectivity index (χ3v) is 2.95. The first kappa shape index (κ1) is 16.2. The molecule has 0 unspecified atom stereocenters. The lowest BCUT2D eigenvalue weighted by molar-refractivity contribution is -0.384. The minimum Gasteiger partial charge on any atom is -0.461 e. The van der Waals surface area contributed by atoms with Crippen LogP contribution in [0.25, 0.3) is 11.8 Å². The van der Waals surface area contributed by atoms with Crippen LogP contribution in [-0.4, -0.2) is 22.1 Å². The van der Waals surface area contributed by atoms with Crippen molar-refractivity contribution in [3.63, 3.8) is 0 Å². The van der Waals surface area contributed by atoms with Gasteiger partial charge in [0.2, 0.25) is 0 Å². The van der Waals surface area contributed by atoms with Crippen LogP contribution in [0.3, 0.4) is 0 Å². The summed E-state index contributed by atoms with van der Waals surface area (Å²) in [5, 5.41) is 10.8. The van der Waals surface area contributed by atoms with Crippen LogP contribution in [0.1, 0.15) is 12.5 Å². The lowest BCUT2D eigenvalue weighted by Gasteiger charge is -2.09. The number of pyridine rings is 1. The number of rotatable bonds is 5. The molecule has 1 aromatic heterocycles. The standard InChI is InChI=1S/C16H14N2O5/c1-2-23-16(20)14(17-9-4-3-8-15(17)19)11-12-6-5-7-13(10-12)18(21)22/h3-11H,2H2,1H3/b14-11-. The topological polar surface area (TPSA) is 91.4 Å². The molecule has 0 spiro atoms. The van der Waals surface area contributed by atoms with E-state index in [4.69, 9.17) is 4.74 Å². The molecule has 0 saturated carbocycles. The molecule has 23 heavy (non-hydrogen) atoms. The third kappa shape index (κ3) is 3.91. The van der Waals surface area contributed by atoms with Crippen molar-refractivity contribution >= 4 is 23.4 Å². The molecule has 0 aliphatic heterocycles. The van der Waals surface area contributed by atoms with Gasteiger partial charge in [0.1, 0.15) is 5.70 Å². The van der Waals surface area contributed by atoms with E-state index in [-0.39, 0.29) is 18.0 Å². The number of ether oxygens (including phenoxy) is 1. The van der Waals surface area contributed by atoms with Gasteiger partial charge in [0.15, 0.2) is 0 Å². The molecule has 0 amide bonds. The Morgan fingerprint density at radius 1 is 1.30 bits per heavy atom. The fraction of sp³-hybridized carbons (Fsp3) is 0.125. The van der Waals surface area contributed by atoms with E-state index < -0.39 is 16.5 Å². The highest BCUT2D eigenvalue weighted by Gasteiger charge is 2.15. The molecular weight excluding hydrogens is 300 g/mol.